The number of benzene rings is 1. The summed E-state index contributed by atoms with van der Waals surface area (Å²) in [6.07, 6.45) is -0.0440. The van der Waals surface area contributed by atoms with E-state index >= 15 is 0 Å². The van der Waals surface area contributed by atoms with Crippen molar-refractivity contribution >= 4 is 18.0 Å². The fraction of sp³-hybridized carbons (Fsp3) is 0.471. The Labute approximate surface area is 141 Å². The molecule has 0 spiro atoms. The molecule has 0 bridgehead atoms. The standard InChI is InChI=1S/C17H22N2O5/c1-3-15(20)24-14-7-5-13(6-8-14)16(21)18-9-11-19(12-10-18)17(22)23-4-2/h5-8H,3-4,9-12H2,1-2H3. The third kappa shape index (κ3) is 4.47. The highest BCUT2D eigenvalue weighted by atomic mass is 16.6. The third-order valence-electron chi connectivity index (χ3n) is 3.71. The first-order valence-electron chi connectivity index (χ1n) is 8.06. The van der Waals surface area contributed by atoms with Crippen molar-refractivity contribution in [2.75, 3.05) is 32.8 Å². The molecule has 1 heterocycles. The minimum atomic E-state index is -0.341. The smallest absolute Gasteiger partial charge is 0.409 e. The number of carbonyl (C=O) groups is 3. The van der Waals surface area contributed by atoms with Crippen LogP contribution in [0.5, 0.6) is 5.75 Å². The number of esters is 1. The summed E-state index contributed by atoms with van der Waals surface area (Å²) >= 11 is 0. The Balaban J connectivity index is 1.91. The predicted molar refractivity (Wildman–Crippen MR) is 86.9 cm³/mol. The van der Waals surface area contributed by atoms with Crippen LogP contribution in [0.4, 0.5) is 4.79 Å². The topological polar surface area (TPSA) is 76.2 Å². The van der Waals surface area contributed by atoms with Crippen molar-refractivity contribution in [3.05, 3.63) is 29.8 Å². The quantitative estimate of drug-likeness (QED) is 0.621. The second-order valence-electron chi connectivity index (χ2n) is 5.33. The lowest BCUT2D eigenvalue weighted by Crippen LogP contribution is -2.50. The molecule has 1 aliphatic rings. The summed E-state index contributed by atoms with van der Waals surface area (Å²) in [5.41, 5.74) is 0.524. The van der Waals surface area contributed by atoms with Gasteiger partial charge in [0.25, 0.3) is 5.91 Å². The van der Waals surface area contributed by atoms with Crippen LogP contribution in [-0.4, -0.2) is 60.6 Å². The Morgan fingerprint density at radius 2 is 1.54 bits per heavy atom. The predicted octanol–water partition coefficient (Wildman–Crippen LogP) is 1.92. The van der Waals surface area contributed by atoms with E-state index in [-0.39, 0.29) is 18.0 Å². The lowest BCUT2D eigenvalue weighted by atomic mass is 10.1. The average molecular weight is 334 g/mol. The highest BCUT2D eigenvalue weighted by Gasteiger charge is 2.25. The van der Waals surface area contributed by atoms with Crippen LogP contribution in [0.1, 0.15) is 30.6 Å². The van der Waals surface area contributed by atoms with Gasteiger partial charge in [0.1, 0.15) is 5.75 Å². The van der Waals surface area contributed by atoms with Crippen molar-refractivity contribution < 1.29 is 23.9 Å². The van der Waals surface area contributed by atoms with Gasteiger partial charge in [-0.05, 0) is 31.2 Å². The number of piperazine rings is 1. The summed E-state index contributed by atoms with van der Waals surface area (Å²) in [7, 11) is 0. The van der Waals surface area contributed by atoms with Crippen LogP contribution < -0.4 is 4.74 Å². The Morgan fingerprint density at radius 3 is 2.08 bits per heavy atom. The van der Waals surface area contributed by atoms with Crippen LogP contribution >= 0.6 is 0 Å². The molecule has 1 aromatic carbocycles. The molecule has 1 saturated heterocycles. The molecule has 2 rings (SSSR count). The van der Waals surface area contributed by atoms with E-state index in [1.807, 2.05) is 0 Å². The van der Waals surface area contributed by atoms with E-state index in [1.54, 1.807) is 47.9 Å². The minimum Gasteiger partial charge on any atom is -0.450 e. The maximum atomic E-state index is 12.5. The second-order valence-corrected chi connectivity index (χ2v) is 5.33. The molecule has 1 aliphatic heterocycles. The highest BCUT2D eigenvalue weighted by Crippen LogP contribution is 2.15. The Bertz CT molecular complexity index is 592. The SMILES string of the molecule is CCOC(=O)N1CCN(C(=O)c2ccc(OC(=O)CC)cc2)CC1. The number of nitrogens with zero attached hydrogens (tertiary/aromatic N) is 2. The minimum absolute atomic E-state index is 0.105. The molecule has 130 valence electrons. The lowest BCUT2D eigenvalue weighted by Gasteiger charge is -2.34. The second kappa shape index (κ2) is 8.33. The summed E-state index contributed by atoms with van der Waals surface area (Å²) < 4.78 is 10.0. The molecule has 2 amide bonds. The van der Waals surface area contributed by atoms with Crippen molar-refractivity contribution in [2.45, 2.75) is 20.3 Å². The van der Waals surface area contributed by atoms with Crippen molar-refractivity contribution in [3.8, 4) is 5.75 Å². The number of carbonyl (C=O) groups excluding carboxylic acids is 3. The Hall–Kier alpha value is -2.57. The van der Waals surface area contributed by atoms with Gasteiger partial charge in [0.2, 0.25) is 0 Å². The van der Waals surface area contributed by atoms with Gasteiger partial charge in [-0.25, -0.2) is 4.79 Å². The summed E-state index contributed by atoms with van der Waals surface area (Å²) in [5, 5.41) is 0. The summed E-state index contributed by atoms with van der Waals surface area (Å²) in [5.74, 6) is 0.00145. The largest absolute Gasteiger partial charge is 0.450 e. The van der Waals surface area contributed by atoms with Gasteiger partial charge in [-0.3, -0.25) is 9.59 Å². The molecule has 24 heavy (non-hydrogen) atoms. The third-order valence-corrected chi connectivity index (χ3v) is 3.71. The maximum Gasteiger partial charge on any atom is 0.409 e. The number of hydrogen-bond acceptors (Lipinski definition) is 5. The van der Waals surface area contributed by atoms with Crippen molar-refractivity contribution in [1.82, 2.24) is 9.80 Å². The molecule has 0 aromatic heterocycles. The normalized spacial score (nSPS) is 14.2. The van der Waals surface area contributed by atoms with E-state index in [9.17, 15) is 14.4 Å². The summed E-state index contributed by atoms with van der Waals surface area (Å²) in [6.45, 7) is 5.66. The van der Waals surface area contributed by atoms with Gasteiger partial charge in [-0.15, -0.1) is 0 Å². The average Bonchev–Trinajstić information content (AvgIpc) is 2.62. The van der Waals surface area contributed by atoms with Gasteiger partial charge in [0, 0.05) is 38.2 Å². The molecule has 7 nitrogen and oxygen atoms in total. The Morgan fingerprint density at radius 1 is 0.958 bits per heavy atom. The molecular formula is C17H22N2O5. The molecule has 0 N–H and O–H groups in total. The summed E-state index contributed by atoms with van der Waals surface area (Å²) in [4.78, 5) is 38.7. The van der Waals surface area contributed by atoms with Crippen molar-refractivity contribution in [1.29, 1.82) is 0 Å². The van der Waals surface area contributed by atoms with Gasteiger partial charge < -0.3 is 19.3 Å². The fourth-order valence-electron chi connectivity index (χ4n) is 2.36. The van der Waals surface area contributed by atoms with Crippen molar-refractivity contribution in [2.24, 2.45) is 0 Å². The molecule has 0 radical (unpaired) electrons. The molecular weight excluding hydrogens is 312 g/mol. The van der Waals surface area contributed by atoms with Gasteiger partial charge in [0.15, 0.2) is 0 Å². The van der Waals surface area contributed by atoms with E-state index < -0.39 is 0 Å². The fourth-order valence-corrected chi connectivity index (χ4v) is 2.36. The van der Waals surface area contributed by atoms with Gasteiger partial charge in [-0.2, -0.15) is 0 Å². The summed E-state index contributed by atoms with van der Waals surface area (Å²) in [6, 6.07) is 6.49. The van der Waals surface area contributed by atoms with Gasteiger partial charge in [0.05, 0.1) is 6.61 Å². The van der Waals surface area contributed by atoms with Gasteiger partial charge >= 0.3 is 12.1 Å². The van der Waals surface area contributed by atoms with Crippen LogP contribution in [0.25, 0.3) is 0 Å². The lowest BCUT2D eigenvalue weighted by molar-refractivity contribution is -0.134. The monoisotopic (exact) mass is 334 g/mol. The highest BCUT2D eigenvalue weighted by molar-refractivity contribution is 5.94. The molecule has 0 atom stereocenters. The zero-order chi connectivity index (χ0) is 17.5. The molecule has 0 saturated carbocycles. The number of hydrogen-bond donors (Lipinski definition) is 0. The van der Waals surface area contributed by atoms with Crippen LogP contribution in [0, 0.1) is 0 Å². The first kappa shape index (κ1) is 17.8. The van der Waals surface area contributed by atoms with Crippen LogP contribution in [-0.2, 0) is 9.53 Å². The van der Waals surface area contributed by atoms with Gasteiger partial charge in [-0.1, -0.05) is 6.92 Å². The Kier molecular flexibility index (Phi) is 6.17. The first-order chi connectivity index (χ1) is 11.5. The maximum absolute atomic E-state index is 12.5. The van der Waals surface area contributed by atoms with E-state index in [1.165, 1.54) is 0 Å². The van der Waals surface area contributed by atoms with Crippen LogP contribution in [0.15, 0.2) is 24.3 Å². The number of rotatable bonds is 4. The molecule has 1 aromatic rings. The number of amides is 2. The van der Waals surface area contributed by atoms with E-state index in [0.29, 0.717) is 50.5 Å². The molecule has 7 heteroatoms. The van der Waals surface area contributed by atoms with E-state index in [4.69, 9.17) is 9.47 Å². The first-order valence-corrected chi connectivity index (χ1v) is 8.06. The molecule has 0 aliphatic carbocycles. The number of ether oxygens (including phenoxy) is 2. The molecule has 1 fully saturated rings. The zero-order valence-corrected chi connectivity index (χ0v) is 14.0. The molecule has 0 unspecified atom stereocenters. The van der Waals surface area contributed by atoms with E-state index in [0.717, 1.165) is 0 Å². The van der Waals surface area contributed by atoms with Crippen molar-refractivity contribution in [3.63, 3.8) is 0 Å². The van der Waals surface area contributed by atoms with Crippen LogP contribution in [0.3, 0.4) is 0 Å². The zero-order valence-electron chi connectivity index (χ0n) is 14.0. The van der Waals surface area contributed by atoms with E-state index in [2.05, 4.69) is 0 Å². The van der Waals surface area contributed by atoms with Crippen LogP contribution in [0.2, 0.25) is 0 Å².